The van der Waals surface area contributed by atoms with Crippen LogP contribution in [0.5, 0.6) is 0 Å². The minimum absolute atomic E-state index is 0.339. The minimum atomic E-state index is 0.339. The molecular formula is C13H27NO2. The second-order valence-electron chi connectivity index (χ2n) is 5.03. The van der Waals surface area contributed by atoms with E-state index in [9.17, 15) is 0 Å². The molecule has 0 amide bonds. The van der Waals surface area contributed by atoms with Crippen LogP contribution in [0.1, 0.15) is 52.9 Å². The quantitative estimate of drug-likeness (QED) is 0.712. The minimum Gasteiger partial charge on any atom is -0.378 e. The summed E-state index contributed by atoms with van der Waals surface area (Å²) >= 11 is 0. The summed E-state index contributed by atoms with van der Waals surface area (Å²) in [7, 11) is 0. The Kier molecular flexibility index (Phi) is 6.32. The van der Waals surface area contributed by atoms with Gasteiger partial charge < -0.3 is 15.2 Å². The molecular weight excluding hydrogens is 202 g/mol. The molecule has 1 aliphatic heterocycles. The highest BCUT2D eigenvalue weighted by Crippen LogP contribution is 2.21. The molecule has 3 nitrogen and oxygen atoms in total. The molecule has 3 unspecified atom stereocenters. The normalized spacial score (nSPS) is 32.6. The second kappa shape index (κ2) is 7.25. The third-order valence-electron chi connectivity index (χ3n) is 3.25. The van der Waals surface area contributed by atoms with Gasteiger partial charge in [-0.15, -0.1) is 0 Å². The van der Waals surface area contributed by atoms with Crippen LogP contribution in [-0.4, -0.2) is 31.0 Å². The van der Waals surface area contributed by atoms with Gasteiger partial charge in [-0.1, -0.05) is 6.92 Å². The molecule has 3 heteroatoms. The van der Waals surface area contributed by atoms with Gasteiger partial charge in [-0.25, -0.2) is 0 Å². The summed E-state index contributed by atoms with van der Waals surface area (Å²) in [4.78, 5) is 0. The zero-order valence-electron chi connectivity index (χ0n) is 10.9. The largest absolute Gasteiger partial charge is 0.378 e. The fourth-order valence-electron chi connectivity index (χ4n) is 2.28. The van der Waals surface area contributed by atoms with Gasteiger partial charge in [0.15, 0.2) is 0 Å². The molecule has 16 heavy (non-hydrogen) atoms. The van der Waals surface area contributed by atoms with Gasteiger partial charge in [0.05, 0.1) is 18.3 Å². The first-order valence-corrected chi connectivity index (χ1v) is 6.64. The number of hydrogen-bond donors (Lipinski definition) is 1. The highest BCUT2D eigenvalue weighted by atomic mass is 16.5. The van der Waals surface area contributed by atoms with Crippen LogP contribution in [0.4, 0.5) is 0 Å². The molecule has 0 aromatic rings. The van der Waals surface area contributed by atoms with E-state index in [1.54, 1.807) is 0 Å². The summed E-state index contributed by atoms with van der Waals surface area (Å²) < 4.78 is 11.6. The predicted molar refractivity (Wildman–Crippen MR) is 66.5 cm³/mol. The van der Waals surface area contributed by atoms with Gasteiger partial charge in [0.2, 0.25) is 0 Å². The van der Waals surface area contributed by atoms with Crippen LogP contribution in [0.3, 0.4) is 0 Å². The van der Waals surface area contributed by atoms with Crippen molar-refractivity contribution in [3.05, 3.63) is 0 Å². The SMILES string of the molecule is CCC(N)CCCOC1CC(C)OC(C)C1. The average molecular weight is 229 g/mol. The summed E-state index contributed by atoms with van der Waals surface area (Å²) in [5, 5.41) is 0. The van der Waals surface area contributed by atoms with Crippen molar-refractivity contribution in [2.45, 2.75) is 77.2 Å². The van der Waals surface area contributed by atoms with Crippen molar-refractivity contribution in [2.75, 3.05) is 6.61 Å². The van der Waals surface area contributed by atoms with Crippen molar-refractivity contribution >= 4 is 0 Å². The van der Waals surface area contributed by atoms with Gasteiger partial charge in [0.1, 0.15) is 0 Å². The number of nitrogens with two attached hydrogens (primary N) is 1. The molecule has 0 bridgehead atoms. The lowest BCUT2D eigenvalue weighted by atomic mass is 10.0. The first-order valence-electron chi connectivity index (χ1n) is 6.64. The third kappa shape index (κ3) is 5.28. The fourth-order valence-corrected chi connectivity index (χ4v) is 2.28. The Morgan fingerprint density at radius 2 is 1.94 bits per heavy atom. The Labute approximate surface area is 99.7 Å². The van der Waals surface area contributed by atoms with E-state index in [0.717, 1.165) is 38.7 Å². The highest BCUT2D eigenvalue weighted by Gasteiger charge is 2.24. The zero-order chi connectivity index (χ0) is 12.0. The monoisotopic (exact) mass is 229 g/mol. The Bertz CT molecular complexity index is 177. The summed E-state index contributed by atoms with van der Waals surface area (Å²) in [5.41, 5.74) is 5.86. The summed E-state index contributed by atoms with van der Waals surface area (Å²) in [6.45, 7) is 7.23. The molecule has 0 radical (unpaired) electrons. The van der Waals surface area contributed by atoms with Crippen LogP contribution in [0.2, 0.25) is 0 Å². The van der Waals surface area contributed by atoms with Crippen LogP contribution in [0, 0.1) is 0 Å². The van der Waals surface area contributed by atoms with Crippen LogP contribution in [0.15, 0.2) is 0 Å². The molecule has 0 aliphatic carbocycles. The van der Waals surface area contributed by atoms with Crippen LogP contribution >= 0.6 is 0 Å². The molecule has 0 aromatic carbocycles. The van der Waals surface area contributed by atoms with E-state index in [0.29, 0.717) is 24.4 Å². The molecule has 0 saturated carbocycles. The Morgan fingerprint density at radius 3 is 2.50 bits per heavy atom. The maximum atomic E-state index is 5.88. The molecule has 1 heterocycles. The van der Waals surface area contributed by atoms with Crippen molar-refractivity contribution < 1.29 is 9.47 Å². The van der Waals surface area contributed by atoms with Crippen molar-refractivity contribution in [3.63, 3.8) is 0 Å². The van der Waals surface area contributed by atoms with Crippen molar-refractivity contribution in [1.82, 2.24) is 0 Å². The van der Waals surface area contributed by atoms with Crippen LogP contribution in [-0.2, 0) is 9.47 Å². The molecule has 0 aromatic heterocycles. The molecule has 0 spiro atoms. The Balaban J connectivity index is 2.08. The highest BCUT2D eigenvalue weighted by molar-refractivity contribution is 4.73. The zero-order valence-corrected chi connectivity index (χ0v) is 10.9. The van der Waals surface area contributed by atoms with Gasteiger partial charge >= 0.3 is 0 Å². The van der Waals surface area contributed by atoms with E-state index in [1.807, 2.05) is 0 Å². The van der Waals surface area contributed by atoms with Gasteiger partial charge in [0, 0.05) is 12.6 Å². The second-order valence-corrected chi connectivity index (χ2v) is 5.03. The fraction of sp³-hybridized carbons (Fsp3) is 1.00. The molecule has 1 saturated heterocycles. The topological polar surface area (TPSA) is 44.5 Å². The smallest absolute Gasteiger partial charge is 0.0624 e. The molecule has 2 N–H and O–H groups in total. The lowest BCUT2D eigenvalue weighted by Gasteiger charge is -2.32. The summed E-state index contributed by atoms with van der Waals surface area (Å²) in [6.07, 6.45) is 6.34. The number of hydrogen-bond acceptors (Lipinski definition) is 3. The summed E-state index contributed by atoms with van der Waals surface area (Å²) in [6, 6.07) is 0.344. The van der Waals surface area contributed by atoms with E-state index >= 15 is 0 Å². The van der Waals surface area contributed by atoms with Crippen molar-refractivity contribution in [3.8, 4) is 0 Å². The van der Waals surface area contributed by atoms with Gasteiger partial charge in [-0.05, 0) is 46.0 Å². The van der Waals surface area contributed by atoms with Crippen molar-refractivity contribution in [2.24, 2.45) is 5.73 Å². The van der Waals surface area contributed by atoms with E-state index in [1.165, 1.54) is 0 Å². The van der Waals surface area contributed by atoms with E-state index in [2.05, 4.69) is 20.8 Å². The van der Waals surface area contributed by atoms with E-state index in [4.69, 9.17) is 15.2 Å². The molecule has 1 aliphatic rings. The van der Waals surface area contributed by atoms with E-state index in [-0.39, 0.29) is 0 Å². The molecule has 96 valence electrons. The van der Waals surface area contributed by atoms with Crippen molar-refractivity contribution in [1.29, 1.82) is 0 Å². The van der Waals surface area contributed by atoms with Crippen LogP contribution < -0.4 is 5.73 Å². The Hall–Kier alpha value is -0.120. The Morgan fingerprint density at radius 1 is 1.31 bits per heavy atom. The predicted octanol–water partition coefficient (Wildman–Crippen LogP) is 2.48. The standard InChI is InChI=1S/C13H27NO2/c1-4-12(14)6-5-7-15-13-8-10(2)16-11(3)9-13/h10-13H,4-9,14H2,1-3H3. The molecule has 3 atom stereocenters. The average Bonchev–Trinajstić information content (AvgIpc) is 2.22. The molecule has 1 fully saturated rings. The molecule has 1 rings (SSSR count). The number of ether oxygens (including phenoxy) is 2. The lowest BCUT2D eigenvalue weighted by Crippen LogP contribution is -2.34. The van der Waals surface area contributed by atoms with Crippen LogP contribution in [0.25, 0.3) is 0 Å². The van der Waals surface area contributed by atoms with Gasteiger partial charge in [-0.2, -0.15) is 0 Å². The maximum Gasteiger partial charge on any atom is 0.0624 e. The first-order chi connectivity index (χ1) is 7.61. The summed E-state index contributed by atoms with van der Waals surface area (Å²) in [5.74, 6) is 0. The first kappa shape index (κ1) is 13.9. The lowest BCUT2D eigenvalue weighted by molar-refractivity contribution is -0.102. The number of rotatable bonds is 6. The third-order valence-corrected chi connectivity index (χ3v) is 3.25. The van der Waals surface area contributed by atoms with Gasteiger partial charge in [-0.3, -0.25) is 0 Å². The maximum absolute atomic E-state index is 5.88. The van der Waals surface area contributed by atoms with E-state index < -0.39 is 0 Å². The van der Waals surface area contributed by atoms with Gasteiger partial charge in [0.25, 0.3) is 0 Å².